The summed E-state index contributed by atoms with van der Waals surface area (Å²) in [6.45, 7) is 0. The molecule has 1 atom stereocenters. The van der Waals surface area contributed by atoms with E-state index in [4.69, 9.17) is 10.8 Å². The van der Waals surface area contributed by atoms with E-state index in [-0.39, 0.29) is 5.75 Å². The highest BCUT2D eigenvalue weighted by Crippen LogP contribution is 2.00. The first-order chi connectivity index (χ1) is 4.54. The number of carboxylic acids is 1. The van der Waals surface area contributed by atoms with E-state index < -0.39 is 21.7 Å². The van der Waals surface area contributed by atoms with Crippen molar-refractivity contribution in [3.05, 3.63) is 0 Å². The molecule has 0 heterocycles. The molecule has 0 spiro atoms. The molecule has 10 heavy (non-hydrogen) atoms. The first-order valence-corrected chi connectivity index (χ1v) is 5.06. The van der Waals surface area contributed by atoms with Gasteiger partial charge in [0.25, 0.3) is 0 Å². The monoisotopic (exact) mass is 185 g/mol. The summed E-state index contributed by atoms with van der Waals surface area (Å²) < 4.78 is 19.8. The minimum atomic E-state index is -2.58. The molecule has 0 rings (SSSR count). The summed E-state index contributed by atoms with van der Waals surface area (Å²) in [7, 11) is -2.07. The van der Waals surface area contributed by atoms with Crippen LogP contribution in [-0.4, -0.2) is 31.3 Å². The molecule has 0 aliphatic heterocycles. The van der Waals surface area contributed by atoms with Gasteiger partial charge in [-0.15, -0.1) is 0 Å². The number of hydrogen-bond donors (Lipinski definition) is 3. The van der Waals surface area contributed by atoms with E-state index >= 15 is 0 Å². The van der Waals surface area contributed by atoms with E-state index in [2.05, 4.69) is 0 Å². The Bertz CT molecular complexity index is 181. The Kier molecular flexibility index (Phi) is 4.41. The van der Waals surface area contributed by atoms with Crippen molar-refractivity contribution in [3.63, 3.8) is 0 Å². The van der Waals surface area contributed by atoms with Crippen molar-refractivity contribution in [2.24, 2.45) is 5.73 Å². The molecule has 0 bridgehead atoms. The highest BCUT2D eigenvalue weighted by molar-refractivity contribution is 8.64. The lowest BCUT2D eigenvalue weighted by Gasteiger charge is -1.99. The van der Waals surface area contributed by atoms with E-state index in [0.717, 1.165) is 0 Å². The van der Waals surface area contributed by atoms with Crippen LogP contribution in [0.3, 0.4) is 0 Å². The molecule has 60 valence electrons. The second-order valence-electron chi connectivity index (χ2n) is 1.46. The molecular weight excluding hydrogens is 178 g/mol. The maximum atomic E-state index is 9.98. The van der Waals surface area contributed by atoms with E-state index in [1.54, 1.807) is 0 Å². The zero-order chi connectivity index (χ0) is 8.15. The zero-order valence-corrected chi connectivity index (χ0v) is 6.60. The fourth-order valence-corrected chi connectivity index (χ4v) is 1.48. The second kappa shape index (κ2) is 4.53. The largest absolute Gasteiger partial charge is 0.480 e. The van der Waals surface area contributed by atoms with Gasteiger partial charge >= 0.3 is 5.97 Å². The van der Waals surface area contributed by atoms with E-state index in [9.17, 15) is 13.2 Å². The van der Waals surface area contributed by atoms with Crippen LogP contribution in [-0.2, 0) is 14.5 Å². The molecule has 0 radical (unpaired) electrons. The van der Waals surface area contributed by atoms with Gasteiger partial charge in [-0.05, 0) is 10.8 Å². The average Bonchev–Trinajstić information content (AvgIpc) is 1.82. The number of carbonyl (C=O) groups is 1. The molecule has 0 saturated carbocycles. The molecule has 0 aliphatic rings. The minimum absolute atomic E-state index is 0.103. The number of aliphatic carboxylic acids is 1. The third-order valence-corrected chi connectivity index (χ3v) is 2.48. The maximum Gasteiger partial charge on any atom is 0.321 e. The van der Waals surface area contributed by atoms with E-state index in [1.165, 1.54) is 0 Å². The number of nitrogens with two attached hydrogens (primary N) is 1. The molecule has 0 aromatic rings. The molecule has 0 saturated heterocycles. The SMILES string of the molecule is N[C@@H](CS[SH](=O)=O)C(=O)O. The maximum absolute atomic E-state index is 9.98. The highest BCUT2D eigenvalue weighted by atomic mass is 33.1. The van der Waals surface area contributed by atoms with Crippen molar-refractivity contribution in [1.82, 2.24) is 0 Å². The Morgan fingerprint density at radius 3 is 2.50 bits per heavy atom. The Morgan fingerprint density at radius 2 is 2.20 bits per heavy atom. The summed E-state index contributed by atoms with van der Waals surface area (Å²) in [5.41, 5.74) is 4.98. The molecule has 7 heteroatoms. The Hall–Kier alpha value is -0.270. The summed E-state index contributed by atoms with van der Waals surface area (Å²) in [6, 6.07) is -1.10. The Balaban J connectivity index is 3.59. The lowest BCUT2D eigenvalue weighted by molar-refractivity contribution is -0.137. The van der Waals surface area contributed by atoms with Gasteiger partial charge in [0.15, 0.2) is 9.74 Å². The third kappa shape index (κ3) is 4.59. The van der Waals surface area contributed by atoms with Gasteiger partial charge in [0, 0.05) is 5.75 Å². The van der Waals surface area contributed by atoms with Crippen molar-refractivity contribution in [3.8, 4) is 0 Å². The van der Waals surface area contributed by atoms with Crippen molar-refractivity contribution in [2.45, 2.75) is 6.04 Å². The van der Waals surface area contributed by atoms with Crippen LogP contribution < -0.4 is 5.73 Å². The van der Waals surface area contributed by atoms with Gasteiger partial charge in [0.2, 0.25) is 0 Å². The van der Waals surface area contributed by atoms with Crippen molar-refractivity contribution >= 4 is 26.5 Å². The fourth-order valence-electron chi connectivity index (χ4n) is 0.212. The predicted molar refractivity (Wildman–Crippen MR) is 38.4 cm³/mol. The van der Waals surface area contributed by atoms with Crippen LogP contribution in [0.15, 0.2) is 0 Å². The molecule has 0 aliphatic carbocycles. The molecule has 0 aromatic carbocycles. The predicted octanol–water partition coefficient (Wildman–Crippen LogP) is -1.34. The van der Waals surface area contributed by atoms with Gasteiger partial charge in [0.05, 0.1) is 0 Å². The van der Waals surface area contributed by atoms with Crippen molar-refractivity contribution < 1.29 is 18.3 Å². The molecule has 0 amide bonds. The lowest BCUT2D eigenvalue weighted by atomic mass is 10.4. The smallest absolute Gasteiger partial charge is 0.321 e. The van der Waals surface area contributed by atoms with Crippen LogP contribution in [0.2, 0.25) is 0 Å². The van der Waals surface area contributed by atoms with Gasteiger partial charge < -0.3 is 10.8 Å². The van der Waals surface area contributed by atoms with Crippen LogP contribution in [0.25, 0.3) is 0 Å². The molecule has 5 nitrogen and oxygen atoms in total. The van der Waals surface area contributed by atoms with Gasteiger partial charge in [-0.2, -0.15) is 0 Å². The Morgan fingerprint density at radius 1 is 1.70 bits per heavy atom. The van der Waals surface area contributed by atoms with E-state index in [0.29, 0.717) is 10.8 Å². The van der Waals surface area contributed by atoms with Crippen LogP contribution in [0.5, 0.6) is 0 Å². The van der Waals surface area contributed by atoms with E-state index in [1.807, 2.05) is 0 Å². The molecule has 0 aromatic heterocycles. The van der Waals surface area contributed by atoms with Gasteiger partial charge in [0.1, 0.15) is 6.04 Å². The number of carboxylic acid groups (broad SMARTS) is 1. The summed E-state index contributed by atoms with van der Waals surface area (Å²) in [5.74, 6) is -1.29. The molecular formula is C3H7NO4S2. The Labute approximate surface area is 62.9 Å². The fraction of sp³-hybridized carbons (Fsp3) is 0.667. The summed E-state index contributed by atoms with van der Waals surface area (Å²) >= 11 is 0. The van der Waals surface area contributed by atoms with Gasteiger partial charge in [-0.25, -0.2) is 8.42 Å². The summed E-state index contributed by atoms with van der Waals surface area (Å²) in [6.07, 6.45) is 0. The first-order valence-electron chi connectivity index (χ1n) is 2.29. The third-order valence-electron chi connectivity index (χ3n) is 0.677. The van der Waals surface area contributed by atoms with Crippen LogP contribution in [0.4, 0.5) is 0 Å². The number of rotatable bonds is 4. The number of thiol groups is 1. The molecule has 0 unspecified atom stereocenters. The van der Waals surface area contributed by atoms with Crippen molar-refractivity contribution in [2.75, 3.05) is 5.75 Å². The summed E-state index contributed by atoms with van der Waals surface area (Å²) in [5, 5.41) is 8.16. The standard InChI is InChI=1S/C3H7NO4S2/c4-2(3(5)6)1-9-10(7)8/h2,10H,1,4H2,(H,5,6)/t2-/m0/s1. The normalized spacial score (nSPS) is 13.4. The van der Waals surface area contributed by atoms with Crippen LogP contribution in [0.1, 0.15) is 0 Å². The topological polar surface area (TPSA) is 97.5 Å². The number of hydrogen-bond acceptors (Lipinski definition) is 5. The second-order valence-corrected chi connectivity index (χ2v) is 4.17. The van der Waals surface area contributed by atoms with Gasteiger partial charge in [-0.1, -0.05) is 0 Å². The zero-order valence-electron chi connectivity index (χ0n) is 4.89. The van der Waals surface area contributed by atoms with Crippen molar-refractivity contribution in [1.29, 1.82) is 0 Å². The quantitative estimate of drug-likeness (QED) is 0.370. The summed E-state index contributed by atoms with van der Waals surface area (Å²) in [4.78, 5) is 9.98. The minimum Gasteiger partial charge on any atom is -0.480 e. The molecule has 0 fully saturated rings. The average molecular weight is 185 g/mol. The highest BCUT2D eigenvalue weighted by Gasteiger charge is 2.10. The van der Waals surface area contributed by atoms with Gasteiger partial charge in [-0.3, -0.25) is 4.79 Å². The lowest BCUT2D eigenvalue weighted by Crippen LogP contribution is -2.32. The molecule has 3 N–H and O–H groups in total. The van der Waals surface area contributed by atoms with Crippen LogP contribution in [0, 0.1) is 0 Å². The first kappa shape index (κ1) is 9.73. The van der Waals surface area contributed by atoms with Crippen LogP contribution >= 0.6 is 10.8 Å².